The molecule has 6 nitrogen and oxygen atoms in total. The first kappa shape index (κ1) is 21.3. The molecule has 1 aliphatic rings. The summed E-state index contributed by atoms with van der Waals surface area (Å²) in [7, 11) is -1.66. The molecule has 1 fully saturated rings. The zero-order valence-corrected chi connectivity index (χ0v) is 17.9. The van der Waals surface area contributed by atoms with Gasteiger partial charge < -0.3 is 10.2 Å². The largest absolute Gasteiger partial charge is 0.334 e. The minimum absolute atomic E-state index is 0.0479. The average molecular weight is 416 g/mol. The normalized spacial score (nSPS) is 16.2. The zero-order valence-electron chi connectivity index (χ0n) is 17.0. The molecule has 0 radical (unpaired) electrons. The van der Waals surface area contributed by atoms with E-state index in [0.29, 0.717) is 24.5 Å². The van der Waals surface area contributed by atoms with Gasteiger partial charge in [-0.05, 0) is 43.0 Å². The van der Waals surface area contributed by atoms with E-state index in [1.807, 2.05) is 37.3 Å². The van der Waals surface area contributed by atoms with Crippen LogP contribution < -0.4 is 5.32 Å². The van der Waals surface area contributed by atoms with Crippen molar-refractivity contribution in [3.63, 3.8) is 0 Å². The number of urea groups is 1. The molecule has 29 heavy (non-hydrogen) atoms. The molecule has 1 atom stereocenters. The van der Waals surface area contributed by atoms with Crippen molar-refractivity contribution >= 4 is 16.1 Å². The number of sulfonamides is 1. The molecule has 156 valence electrons. The number of rotatable bonds is 6. The van der Waals surface area contributed by atoms with Gasteiger partial charge in [-0.1, -0.05) is 48.9 Å². The standard InChI is InChI=1S/C22H29N3O3S/c1-18(20-9-5-3-6-10-20)24(2)22(26)23-17-19-11-13-21(14-12-19)29(27,28)25-15-7-4-8-16-25/h3,5-6,9-14,18H,4,7-8,15-17H2,1-2H3,(H,23,26)/t18-/m1/s1. The van der Waals surface area contributed by atoms with Crippen LogP contribution >= 0.6 is 0 Å². The second kappa shape index (κ2) is 9.41. The van der Waals surface area contributed by atoms with Gasteiger partial charge in [0, 0.05) is 26.7 Å². The smallest absolute Gasteiger partial charge is 0.317 e. The van der Waals surface area contributed by atoms with E-state index in [9.17, 15) is 13.2 Å². The third kappa shape index (κ3) is 5.16. The van der Waals surface area contributed by atoms with Crippen LogP contribution in [0, 0.1) is 0 Å². The van der Waals surface area contributed by atoms with Crippen molar-refractivity contribution in [3.8, 4) is 0 Å². The molecule has 7 heteroatoms. The van der Waals surface area contributed by atoms with Crippen molar-refractivity contribution in [2.75, 3.05) is 20.1 Å². The second-order valence-electron chi connectivity index (χ2n) is 7.46. The Hall–Kier alpha value is -2.38. The summed E-state index contributed by atoms with van der Waals surface area (Å²) in [5.74, 6) is 0. The van der Waals surface area contributed by atoms with Gasteiger partial charge in [0.05, 0.1) is 10.9 Å². The van der Waals surface area contributed by atoms with Gasteiger partial charge in [-0.3, -0.25) is 0 Å². The average Bonchev–Trinajstić information content (AvgIpc) is 2.78. The van der Waals surface area contributed by atoms with Gasteiger partial charge in [-0.2, -0.15) is 4.31 Å². The Morgan fingerprint density at radius 3 is 2.28 bits per heavy atom. The van der Waals surface area contributed by atoms with Crippen LogP contribution in [-0.2, 0) is 16.6 Å². The van der Waals surface area contributed by atoms with Gasteiger partial charge in [0.25, 0.3) is 0 Å². The summed E-state index contributed by atoms with van der Waals surface area (Å²) in [4.78, 5) is 14.4. The van der Waals surface area contributed by atoms with Gasteiger partial charge in [-0.25, -0.2) is 13.2 Å². The topological polar surface area (TPSA) is 69.7 Å². The maximum Gasteiger partial charge on any atom is 0.317 e. The molecular weight excluding hydrogens is 386 g/mol. The summed E-state index contributed by atoms with van der Waals surface area (Å²) in [5, 5.41) is 2.90. The third-order valence-electron chi connectivity index (χ3n) is 5.50. The molecule has 2 aromatic carbocycles. The minimum Gasteiger partial charge on any atom is -0.334 e. The molecule has 1 N–H and O–H groups in total. The molecular formula is C22H29N3O3S. The fraction of sp³-hybridized carbons (Fsp3) is 0.409. The van der Waals surface area contributed by atoms with E-state index in [-0.39, 0.29) is 12.1 Å². The number of nitrogens with zero attached hydrogens (tertiary/aromatic N) is 2. The van der Waals surface area contributed by atoms with Crippen LogP contribution in [-0.4, -0.2) is 43.8 Å². The summed E-state index contributed by atoms with van der Waals surface area (Å²) in [6, 6.07) is 16.4. The van der Waals surface area contributed by atoms with Gasteiger partial charge >= 0.3 is 6.03 Å². The molecule has 0 spiro atoms. The molecule has 2 amide bonds. The lowest BCUT2D eigenvalue weighted by molar-refractivity contribution is 0.194. The molecule has 1 saturated heterocycles. The fourth-order valence-electron chi connectivity index (χ4n) is 3.47. The van der Waals surface area contributed by atoms with E-state index in [1.54, 1.807) is 40.5 Å². The van der Waals surface area contributed by atoms with E-state index in [1.165, 1.54) is 0 Å². The zero-order chi connectivity index (χ0) is 20.9. The molecule has 0 aliphatic carbocycles. The Balaban J connectivity index is 1.58. The lowest BCUT2D eigenvalue weighted by Crippen LogP contribution is -2.38. The SMILES string of the molecule is C[C@H](c1ccccc1)N(C)C(=O)NCc1ccc(S(=O)(=O)N2CCCCC2)cc1. The van der Waals surface area contributed by atoms with Crippen LogP contribution in [0.2, 0.25) is 0 Å². The maximum atomic E-state index is 12.7. The van der Waals surface area contributed by atoms with Crippen LogP contribution in [0.1, 0.15) is 43.4 Å². The highest BCUT2D eigenvalue weighted by Crippen LogP contribution is 2.21. The van der Waals surface area contributed by atoms with Crippen LogP contribution in [0.15, 0.2) is 59.5 Å². The lowest BCUT2D eigenvalue weighted by Gasteiger charge is -2.26. The number of benzene rings is 2. The van der Waals surface area contributed by atoms with Gasteiger partial charge in [0.15, 0.2) is 0 Å². The predicted molar refractivity (Wildman–Crippen MR) is 114 cm³/mol. The van der Waals surface area contributed by atoms with E-state index >= 15 is 0 Å². The number of amides is 2. The molecule has 0 saturated carbocycles. The third-order valence-corrected chi connectivity index (χ3v) is 7.42. The molecule has 0 aromatic heterocycles. The Bertz CT molecular complexity index is 908. The van der Waals surface area contributed by atoms with E-state index < -0.39 is 10.0 Å². The number of carbonyl (C=O) groups is 1. The van der Waals surface area contributed by atoms with Crippen molar-refractivity contribution in [1.29, 1.82) is 0 Å². The van der Waals surface area contributed by atoms with Crippen molar-refractivity contribution in [3.05, 3.63) is 65.7 Å². The summed E-state index contributed by atoms with van der Waals surface area (Å²) in [6.45, 7) is 3.50. The van der Waals surface area contributed by atoms with E-state index in [2.05, 4.69) is 5.32 Å². The summed E-state index contributed by atoms with van der Waals surface area (Å²) in [5.41, 5.74) is 1.93. The predicted octanol–water partition coefficient (Wildman–Crippen LogP) is 3.76. The molecule has 0 bridgehead atoms. The van der Waals surface area contributed by atoms with Crippen LogP contribution in [0.3, 0.4) is 0 Å². The molecule has 2 aromatic rings. The van der Waals surface area contributed by atoms with E-state index in [0.717, 1.165) is 30.4 Å². The highest BCUT2D eigenvalue weighted by Gasteiger charge is 2.25. The molecule has 1 aliphatic heterocycles. The fourth-order valence-corrected chi connectivity index (χ4v) is 4.98. The van der Waals surface area contributed by atoms with Crippen molar-refractivity contribution in [2.45, 2.75) is 43.7 Å². The van der Waals surface area contributed by atoms with Crippen molar-refractivity contribution < 1.29 is 13.2 Å². The van der Waals surface area contributed by atoms with Crippen LogP contribution in [0.5, 0.6) is 0 Å². The highest BCUT2D eigenvalue weighted by atomic mass is 32.2. The monoisotopic (exact) mass is 415 g/mol. The summed E-state index contributed by atoms with van der Waals surface area (Å²) >= 11 is 0. The Labute approximate surface area is 173 Å². The summed E-state index contributed by atoms with van der Waals surface area (Å²) in [6.07, 6.45) is 2.92. The Morgan fingerprint density at radius 1 is 1.03 bits per heavy atom. The first-order chi connectivity index (χ1) is 13.9. The Morgan fingerprint density at radius 2 is 1.66 bits per heavy atom. The number of nitrogens with one attached hydrogen (secondary N) is 1. The number of piperidine rings is 1. The number of carbonyl (C=O) groups excluding carboxylic acids is 1. The van der Waals surface area contributed by atoms with Gasteiger partial charge in [0.1, 0.15) is 0 Å². The van der Waals surface area contributed by atoms with Crippen LogP contribution in [0.25, 0.3) is 0 Å². The van der Waals surface area contributed by atoms with E-state index in [4.69, 9.17) is 0 Å². The molecule has 1 heterocycles. The minimum atomic E-state index is -3.43. The maximum absolute atomic E-state index is 12.7. The number of hydrogen-bond acceptors (Lipinski definition) is 3. The van der Waals surface area contributed by atoms with Gasteiger partial charge in [0.2, 0.25) is 10.0 Å². The summed E-state index contributed by atoms with van der Waals surface area (Å²) < 4.78 is 27.0. The highest BCUT2D eigenvalue weighted by molar-refractivity contribution is 7.89. The molecule has 0 unspecified atom stereocenters. The first-order valence-corrected chi connectivity index (χ1v) is 11.5. The van der Waals surface area contributed by atoms with Crippen molar-refractivity contribution in [1.82, 2.24) is 14.5 Å². The lowest BCUT2D eigenvalue weighted by atomic mass is 10.1. The molecule has 3 rings (SSSR count). The quantitative estimate of drug-likeness (QED) is 0.781. The van der Waals surface area contributed by atoms with Crippen LogP contribution in [0.4, 0.5) is 4.79 Å². The second-order valence-corrected chi connectivity index (χ2v) is 9.40. The van der Waals surface area contributed by atoms with Gasteiger partial charge in [-0.15, -0.1) is 0 Å². The Kier molecular flexibility index (Phi) is 6.92. The van der Waals surface area contributed by atoms with Crippen molar-refractivity contribution in [2.24, 2.45) is 0 Å². The first-order valence-electron chi connectivity index (χ1n) is 10.0. The number of hydrogen-bond donors (Lipinski definition) is 1.